The highest BCUT2D eigenvalue weighted by molar-refractivity contribution is 7.14. The molecule has 24 heavy (non-hydrogen) atoms. The fraction of sp³-hybridized carbons (Fsp3) is 0.450. The molecule has 0 fully saturated rings. The minimum atomic E-state index is 0.259. The predicted molar refractivity (Wildman–Crippen MR) is 99.4 cm³/mol. The summed E-state index contributed by atoms with van der Waals surface area (Å²) in [6.07, 6.45) is 3.31. The molecule has 3 rings (SSSR count). The highest BCUT2D eigenvalue weighted by atomic mass is 32.1. The van der Waals surface area contributed by atoms with Crippen LogP contribution in [-0.2, 0) is 19.3 Å². The van der Waals surface area contributed by atoms with Gasteiger partial charge in [0.1, 0.15) is 5.75 Å². The second-order valence-electron chi connectivity index (χ2n) is 7.01. The maximum Gasteiger partial charge on any atom is 0.173 e. The molecule has 0 saturated heterocycles. The average Bonchev–Trinajstić information content (AvgIpc) is 3.09. The van der Waals surface area contributed by atoms with Crippen molar-refractivity contribution in [1.29, 1.82) is 0 Å². The van der Waals surface area contributed by atoms with Gasteiger partial charge in [-0.05, 0) is 75.5 Å². The molecule has 1 atom stereocenters. The first-order valence-corrected chi connectivity index (χ1v) is 9.27. The van der Waals surface area contributed by atoms with Crippen molar-refractivity contribution in [2.24, 2.45) is 0 Å². The molecule has 128 valence electrons. The standard InChI is InChI=1S/C20H25NO2S/c1-12-9-14(5-7-18(12)22)6-8-19(23)20-17-11-15(21(3)4)10-16(17)13(2)24-20/h5,7,9,15,22H,6,8,10-11H2,1-4H3/t15-/m0/s1. The first-order chi connectivity index (χ1) is 11.4. The lowest BCUT2D eigenvalue weighted by Gasteiger charge is -2.18. The lowest BCUT2D eigenvalue weighted by molar-refractivity contribution is 0.0986. The van der Waals surface area contributed by atoms with Crippen LogP contribution in [0.5, 0.6) is 5.75 Å². The summed E-state index contributed by atoms with van der Waals surface area (Å²) in [7, 11) is 4.23. The van der Waals surface area contributed by atoms with Gasteiger partial charge >= 0.3 is 0 Å². The van der Waals surface area contributed by atoms with E-state index in [0.29, 0.717) is 18.2 Å². The Bertz CT molecular complexity index is 776. The minimum absolute atomic E-state index is 0.259. The lowest BCUT2D eigenvalue weighted by Crippen LogP contribution is -2.28. The van der Waals surface area contributed by atoms with Gasteiger partial charge in [0.15, 0.2) is 5.78 Å². The number of aryl methyl sites for hydroxylation is 3. The number of carbonyl (C=O) groups excluding carboxylic acids is 1. The summed E-state index contributed by atoms with van der Waals surface area (Å²) >= 11 is 1.67. The van der Waals surface area contributed by atoms with Gasteiger partial charge in [-0.1, -0.05) is 12.1 Å². The van der Waals surface area contributed by atoms with Gasteiger partial charge in [0.25, 0.3) is 0 Å². The van der Waals surface area contributed by atoms with Crippen LogP contribution in [0.15, 0.2) is 18.2 Å². The van der Waals surface area contributed by atoms with Crippen molar-refractivity contribution in [2.45, 2.75) is 45.6 Å². The van der Waals surface area contributed by atoms with Gasteiger partial charge in [-0.25, -0.2) is 0 Å². The molecule has 1 aliphatic carbocycles. The first-order valence-electron chi connectivity index (χ1n) is 8.46. The number of rotatable bonds is 5. The third-order valence-electron chi connectivity index (χ3n) is 5.08. The van der Waals surface area contributed by atoms with Crippen LogP contribution in [0.4, 0.5) is 0 Å². The van der Waals surface area contributed by atoms with Gasteiger partial charge in [-0.15, -0.1) is 11.3 Å². The van der Waals surface area contributed by atoms with Crippen LogP contribution in [0.3, 0.4) is 0 Å². The van der Waals surface area contributed by atoms with Crippen molar-refractivity contribution >= 4 is 17.1 Å². The van der Waals surface area contributed by atoms with E-state index in [1.807, 2.05) is 19.1 Å². The summed E-state index contributed by atoms with van der Waals surface area (Å²) < 4.78 is 0. The zero-order valence-electron chi connectivity index (χ0n) is 14.8. The van der Waals surface area contributed by atoms with Gasteiger partial charge in [0.2, 0.25) is 0 Å². The van der Waals surface area contributed by atoms with Crippen LogP contribution in [0, 0.1) is 13.8 Å². The molecule has 0 saturated carbocycles. The molecule has 2 aromatic rings. The Morgan fingerprint density at radius 2 is 1.96 bits per heavy atom. The third-order valence-corrected chi connectivity index (χ3v) is 6.31. The second kappa shape index (κ2) is 6.69. The Kier molecular flexibility index (Phi) is 4.79. The summed E-state index contributed by atoms with van der Waals surface area (Å²) in [4.78, 5) is 17.3. The molecular formula is C20H25NO2S. The van der Waals surface area contributed by atoms with E-state index in [9.17, 15) is 9.90 Å². The van der Waals surface area contributed by atoms with Gasteiger partial charge in [0.05, 0.1) is 4.88 Å². The fourth-order valence-corrected chi connectivity index (χ4v) is 4.67. The van der Waals surface area contributed by atoms with Crippen molar-refractivity contribution in [3.8, 4) is 5.75 Å². The number of benzene rings is 1. The number of Topliss-reactive ketones (excluding diaryl/α,β-unsaturated/α-hetero) is 1. The summed E-state index contributed by atoms with van der Waals surface area (Å²) in [5.74, 6) is 0.570. The number of likely N-dealkylation sites (N-methyl/N-ethyl adjacent to an activating group) is 1. The Balaban J connectivity index is 1.73. The summed E-state index contributed by atoms with van der Waals surface area (Å²) in [6, 6.07) is 6.11. The Labute approximate surface area is 147 Å². The van der Waals surface area contributed by atoms with E-state index in [4.69, 9.17) is 0 Å². The lowest BCUT2D eigenvalue weighted by atomic mass is 10.0. The van der Waals surface area contributed by atoms with E-state index in [0.717, 1.165) is 35.3 Å². The topological polar surface area (TPSA) is 40.5 Å². The highest BCUT2D eigenvalue weighted by Gasteiger charge is 2.30. The van der Waals surface area contributed by atoms with Crippen molar-refractivity contribution in [2.75, 3.05) is 14.1 Å². The molecule has 1 aromatic carbocycles. The number of aromatic hydroxyl groups is 1. The van der Waals surface area contributed by atoms with E-state index in [1.165, 1.54) is 16.0 Å². The smallest absolute Gasteiger partial charge is 0.173 e. The monoisotopic (exact) mass is 343 g/mol. The molecule has 1 aromatic heterocycles. The number of hydrogen-bond acceptors (Lipinski definition) is 4. The quantitative estimate of drug-likeness (QED) is 0.837. The molecule has 0 unspecified atom stereocenters. The number of phenolic OH excluding ortho intramolecular Hbond substituents is 1. The van der Waals surface area contributed by atoms with Gasteiger partial charge in [-0.2, -0.15) is 0 Å². The summed E-state index contributed by atoms with van der Waals surface area (Å²) in [6.45, 7) is 4.03. The number of fused-ring (bicyclic) bond motifs is 1. The maximum absolute atomic E-state index is 12.8. The average molecular weight is 343 g/mol. The van der Waals surface area contributed by atoms with Gasteiger partial charge in [-0.3, -0.25) is 4.79 Å². The largest absolute Gasteiger partial charge is 0.508 e. The van der Waals surface area contributed by atoms with E-state index in [1.54, 1.807) is 17.4 Å². The highest BCUT2D eigenvalue weighted by Crippen LogP contribution is 2.37. The van der Waals surface area contributed by atoms with E-state index in [2.05, 4.69) is 25.9 Å². The van der Waals surface area contributed by atoms with E-state index >= 15 is 0 Å². The minimum Gasteiger partial charge on any atom is -0.508 e. The Morgan fingerprint density at radius 3 is 2.62 bits per heavy atom. The molecule has 0 radical (unpaired) electrons. The van der Waals surface area contributed by atoms with Gasteiger partial charge < -0.3 is 10.0 Å². The summed E-state index contributed by atoms with van der Waals surface area (Å²) in [5, 5.41) is 9.61. The van der Waals surface area contributed by atoms with Crippen LogP contribution in [0.2, 0.25) is 0 Å². The van der Waals surface area contributed by atoms with Crippen molar-refractivity contribution in [1.82, 2.24) is 4.90 Å². The first kappa shape index (κ1) is 17.2. The zero-order valence-corrected chi connectivity index (χ0v) is 15.7. The molecule has 1 heterocycles. The fourth-order valence-electron chi connectivity index (χ4n) is 3.49. The predicted octanol–water partition coefficient (Wildman–Crippen LogP) is 3.91. The van der Waals surface area contributed by atoms with Crippen molar-refractivity contribution in [3.63, 3.8) is 0 Å². The van der Waals surface area contributed by atoms with E-state index in [-0.39, 0.29) is 5.78 Å². The number of thiophene rings is 1. The van der Waals surface area contributed by atoms with Crippen LogP contribution in [-0.4, -0.2) is 35.9 Å². The molecular weight excluding hydrogens is 318 g/mol. The molecule has 0 aliphatic heterocycles. The molecule has 0 bridgehead atoms. The number of carbonyl (C=O) groups is 1. The SMILES string of the molecule is Cc1cc(CCC(=O)c2sc(C)c3c2C[C@@H](N(C)C)C3)ccc1O. The van der Waals surface area contributed by atoms with Crippen LogP contribution in [0.25, 0.3) is 0 Å². The molecule has 4 heteroatoms. The molecule has 0 amide bonds. The zero-order chi connectivity index (χ0) is 17.4. The Hall–Kier alpha value is -1.65. The van der Waals surface area contributed by atoms with E-state index < -0.39 is 0 Å². The summed E-state index contributed by atoms with van der Waals surface area (Å²) in [5.41, 5.74) is 4.67. The second-order valence-corrected chi connectivity index (χ2v) is 8.24. The normalized spacial score (nSPS) is 16.6. The van der Waals surface area contributed by atoms with Crippen LogP contribution < -0.4 is 0 Å². The molecule has 1 aliphatic rings. The van der Waals surface area contributed by atoms with Gasteiger partial charge in [0, 0.05) is 17.3 Å². The van der Waals surface area contributed by atoms with Crippen molar-refractivity contribution < 1.29 is 9.90 Å². The molecule has 0 spiro atoms. The number of nitrogens with zero attached hydrogens (tertiary/aromatic N) is 1. The molecule has 3 nitrogen and oxygen atoms in total. The number of phenols is 1. The van der Waals surface area contributed by atoms with Crippen LogP contribution in [0.1, 0.15) is 43.2 Å². The van der Waals surface area contributed by atoms with Crippen LogP contribution >= 0.6 is 11.3 Å². The molecule has 1 N–H and O–H groups in total. The Morgan fingerprint density at radius 1 is 1.25 bits per heavy atom. The maximum atomic E-state index is 12.8. The third kappa shape index (κ3) is 3.26. The number of ketones is 1. The number of hydrogen-bond donors (Lipinski definition) is 1. The van der Waals surface area contributed by atoms with Crippen molar-refractivity contribution in [3.05, 3.63) is 50.2 Å².